The normalized spacial score (nSPS) is 10.9. The first kappa shape index (κ1) is 17.9. The van der Waals surface area contributed by atoms with E-state index in [0.717, 1.165) is 32.6 Å². The first-order valence-corrected chi connectivity index (χ1v) is 9.15. The fourth-order valence-corrected chi connectivity index (χ4v) is 3.29. The Hall–Kier alpha value is -2.86. The highest BCUT2D eigenvalue weighted by molar-refractivity contribution is 7.15. The number of aryl methyl sites for hydroxylation is 1. The van der Waals surface area contributed by atoms with Crippen molar-refractivity contribution < 1.29 is 9.47 Å². The number of hydrazone groups is 1. The third kappa shape index (κ3) is 4.21. The molecule has 0 unspecified atom stereocenters. The molecule has 1 aromatic heterocycles. The molecule has 134 valence electrons. The van der Waals surface area contributed by atoms with E-state index < -0.39 is 0 Å². The average Bonchev–Trinajstić information content (AvgIpc) is 3.04. The number of hydrogen-bond acceptors (Lipinski definition) is 6. The highest BCUT2D eigenvalue weighted by Gasteiger charge is 2.09. The first-order chi connectivity index (χ1) is 12.7. The number of anilines is 1. The van der Waals surface area contributed by atoms with Gasteiger partial charge in [-0.3, -0.25) is 5.43 Å². The Bertz CT molecular complexity index is 891. The largest absolute Gasteiger partial charge is 0.493 e. The summed E-state index contributed by atoms with van der Waals surface area (Å²) in [7, 11) is 1.63. The van der Waals surface area contributed by atoms with Gasteiger partial charge in [-0.2, -0.15) is 5.10 Å². The molecule has 1 heterocycles. The molecule has 0 saturated carbocycles. The van der Waals surface area contributed by atoms with Crippen molar-refractivity contribution in [3.8, 4) is 22.8 Å². The van der Waals surface area contributed by atoms with Gasteiger partial charge in [-0.15, -0.1) is 11.3 Å². The zero-order chi connectivity index (χ0) is 18.4. The van der Waals surface area contributed by atoms with Crippen molar-refractivity contribution >= 4 is 22.7 Å². The van der Waals surface area contributed by atoms with E-state index in [1.165, 1.54) is 0 Å². The number of ether oxygens (including phenoxy) is 2. The van der Waals surface area contributed by atoms with Gasteiger partial charge in [0.05, 0.1) is 25.6 Å². The molecule has 0 radical (unpaired) electrons. The molecule has 0 aliphatic heterocycles. The molecule has 0 bridgehead atoms. The minimum absolute atomic E-state index is 0.596. The van der Waals surface area contributed by atoms with Crippen molar-refractivity contribution in [1.29, 1.82) is 0 Å². The Balaban J connectivity index is 1.71. The van der Waals surface area contributed by atoms with Gasteiger partial charge in [0.2, 0.25) is 5.13 Å². The number of rotatable bonds is 7. The summed E-state index contributed by atoms with van der Waals surface area (Å²) in [5.41, 5.74) is 6.01. The lowest BCUT2D eigenvalue weighted by atomic mass is 10.1. The van der Waals surface area contributed by atoms with E-state index in [1.807, 2.05) is 43.3 Å². The minimum atomic E-state index is 0.596. The molecule has 0 atom stereocenters. The highest BCUT2D eigenvalue weighted by Crippen LogP contribution is 2.30. The molecule has 6 heteroatoms. The number of thiazole rings is 1. The van der Waals surface area contributed by atoms with Crippen LogP contribution in [0.1, 0.15) is 17.4 Å². The molecule has 0 fully saturated rings. The number of benzene rings is 2. The van der Waals surface area contributed by atoms with E-state index in [1.54, 1.807) is 24.7 Å². The lowest BCUT2D eigenvalue weighted by molar-refractivity contribution is 0.311. The molecule has 0 aliphatic rings. The van der Waals surface area contributed by atoms with Crippen molar-refractivity contribution in [1.82, 2.24) is 4.98 Å². The standard InChI is InChI=1S/C20H21N3O2S/c1-4-25-17-11-10-15(12-18(17)24-3)13-21-23-20-22-19(14(2)26-20)16-8-6-5-7-9-16/h5-13H,4H2,1-3H3,(H,22,23)/b21-13-. The van der Waals surface area contributed by atoms with Gasteiger partial charge >= 0.3 is 0 Å². The van der Waals surface area contributed by atoms with Crippen LogP contribution in [0.25, 0.3) is 11.3 Å². The van der Waals surface area contributed by atoms with Gasteiger partial charge in [-0.25, -0.2) is 4.98 Å². The number of aromatic nitrogens is 1. The Morgan fingerprint density at radius 1 is 1.15 bits per heavy atom. The van der Waals surface area contributed by atoms with Crippen molar-refractivity contribution in [3.63, 3.8) is 0 Å². The van der Waals surface area contributed by atoms with E-state index >= 15 is 0 Å². The number of hydrogen-bond donors (Lipinski definition) is 1. The monoisotopic (exact) mass is 367 g/mol. The Labute approximate surface area is 157 Å². The van der Waals surface area contributed by atoms with Gasteiger partial charge in [0.25, 0.3) is 0 Å². The highest BCUT2D eigenvalue weighted by atomic mass is 32.1. The summed E-state index contributed by atoms with van der Waals surface area (Å²) in [6.45, 7) is 4.60. The van der Waals surface area contributed by atoms with Crippen LogP contribution in [0.5, 0.6) is 11.5 Å². The molecular weight excluding hydrogens is 346 g/mol. The van der Waals surface area contributed by atoms with Crippen molar-refractivity contribution in [3.05, 3.63) is 59.0 Å². The van der Waals surface area contributed by atoms with Gasteiger partial charge in [-0.1, -0.05) is 30.3 Å². The smallest absolute Gasteiger partial charge is 0.204 e. The Morgan fingerprint density at radius 2 is 1.96 bits per heavy atom. The molecule has 2 aromatic carbocycles. The topological polar surface area (TPSA) is 55.7 Å². The van der Waals surface area contributed by atoms with Crippen LogP contribution in [0.15, 0.2) is 53.6 Å². The third-order valence-electron chi connectivity index (χ3n) is 3.71. The van der Waals surface area contributed by atoms with Crippen LogP contribution in [0.2, 0.25) is 0 Å². The molecule has 26 heavy (non-hydrogen) atoms. The molecule has 0 aliphatic carbocycles. The van der Waals surface area contributed by atoms with Gasteiger partial charge in [0.1, 0.15) is 0 Å². The second-order valence-electron chi connectivity index (χ2n) is 5.50. The maximum Gasteiger partial charge on any atom is 0.204 e. The van der Waals surface area contributed by atoms with E-state index in [4.69, 9.17) is 9.47 Å². The summed E-state index contributed by atoms with van der Waals surface area (Å²) in [5.74, 6) is 1.41. The third-order valence-corrected chi connectivity index (χ3v) is 4.58. The fraction of sp³-hybridized carbons (Fsp3) is 0.200. The minimum Gasteiger partial charge on any atom is -0.493 e. The van der Waals surface area contributed by atoms with Crippen LogP contribution in [-0.2, 0) is 0 Å². The maximum atomic E-state index is 5.52. The SMILES string of the molecule is CCOc1ccc(/C=N\Nc2nc(-c3ccccc3)c(C)s2)cc1OC. The fourth-order valence-electron chi connectivity index (χ4n) is 2.51. The first-order valence-electron chi connectivity index (χ1n) is 8.34. The van der Waals surface area contributed by atoms with E-state index in [-0.39, 0.29) is 0 Å². The summed E-state index contributed by atoms with van der Waals surface area (Å²) >= 11 is 1.58. The zero-order valence-corrected chi connectivity index (χ0v) is 15.8. The summed E-state index contributed by atoms with van der Waals surface area (Å²) in [5, 5.41) is 5.05. The predicted octanol–water partition coefficient (Wildman–Crippen LogP) is 4.97. The summed E-state index contributed by atoms with van der Waals surface area (Å²) in [6.07, 6.45) is 1.73. The van der Waals surface area contributed by atoms with Crippen LogP contribution in [0.4, 0.5) is 5.13 Å². The second-order valence-corrected chi connectivity index (χ2v) is 6.71. The van der Waals surface area contributed by atoms with Gasteiger partial charge in [-0.05, 0) is 37.6 Å². The zero-order valence-electron chi connectivity index (χ0n) is 15.0. The van der Waals surface area contributed by atoms with Gasteiger partial charge in [0, 0.05) is 10.4 Å². The summed E-state index contributed by atoms with van der Waals surface area (Å²) < 4.78 is 10.9. The van der Waals surface area contributed by atoms with Gasteiger partial charge < -0.3 is 9.47 Å². The molecule has 0 spiro atoms. The molecule has 0 amide bonds. The van der Waals surface area contributed by atoms with Crippen molar-refractivity contribution in [2.75, 3.05) is 19.1 Å². The Morgan fingerprint density at radius 3 is 2.69 bits per heavy atom. The Kier molecular flexibility index (Phi) is 5.86. The number of methoxy groups -OCH3 is 1. The molecular formula is C20H21N3O2S. The van der Waals surface area contributed by atoms with Crippen LogP contribution in [0.3, 0.4) is 0 Å². The van der Waals surface area contributed by atoms with Gasteiger partial charge in [0.15, 0.2) is 11.5 Å². The van der Waals surface area contributed by atoms with Crippen LogP contribution in [-0.4, -0.2) is 24.9 Å². The van der Waals surface area contributed by atoms with Crippen LogP contribution >= 0.6 is 11.3 Å². The maximum absolute atomic E-state index is 5.52. The molecule has 5 nitrogen and oxygen atoms in total. The predicted molar refractivity (Wildman–Crippen MR) is 108 cm³/mol. The molecule has 1 N–H and O–H groups in total. The number of nitrogens with one attached hydrogen (secondary N) is 1. The second kappa shape index (κ2) is 8.49. The van der Waals surface area contributed by atoms with E-state index in [0.29, 0.717) is 12.4 Å². The van der Waals surface area contributed by atoms with E-state index in [2.05, 4.69) is 34.6 Å². The number of nitrogens with zero attached hydrogens (tertiary/aromatic N) is 2. The van der Waals surface area contributed by atoms with Crippen LogP contribution < -0.4 is 14.9 Å². The molecule has 3 aromatic rings. The quantitative estimate of drug-likeness (QED) is 0.473. The molecule has 3 rings (SSSR count). The van der Waals surface area contributed by atoms with E-state index in [9.17, 15) is 0 Å². The lowest BCUT2D eigenvalue weighted by Gasteiger charge is -2.09. The van der Waals surface area contributed by atoms with Crippen molar-refractivity contribution in [2.24, 2.45) is 5.10 Å². The van der Waals surface area contributed by atoms with Crippen molar-refractivity contribution in [2.45, 2.75) is 13.8 Å². The summed E-state index contributed by atoms with van der Waals surface area (Å²) in [6, 6.07) is 15.8. The summed E-state index contributed by atoms with van der Waals surface area (Å²) in [4.78, 5) is 5.78. The molecule has 0 saturated heterocycles. The average molecular weight is 367 g/mol. The lowest BCUT2D eigenvalue weighted by Crippen LogP contribution is -1.96. The van der Waals surface area contributed by atoms with Crippen LogP contribution in [0, 0.1) is 6.92 Å².